The van der Waals surface area contributed by atoms with Crippen molar-refractivity contribution in [1.29, 1.82) is 0 Å². The number of aryl methyl sites for hydroxylation is 2. The van der Waals surface area contributed by atoms with Crippen LogP contribution in [-0.2, 0) is 10.0 Å². The highest BCUT2D eigenvalue weighted by Gasteiger charge is 2.31. The first-order valence-electron chi connectivity index (χ1n) is 8.41. The Bertz CT molecular complexity index is 892. The molecule has 0 spiro atoms. The average molecular weight is 374 g/mol. The second-order valence-corrected chi connectivity index (χ2v) is 8.23. The van der Waals surface area contributed by atoms with Crippen molar-refractivity contribution >= 4 is 21.7 Å². The smallest absolute Gasteiger partial charge is 0.321 e. The number of amides is 2. The van der Waals surface area contributed by atoms with E-state index >= 15 is 0 Å². The van der Waals surface area contributed by atoms with E-state index in [-0.39, 0.29) is 19.1 Å². The number of benzene rings is 1. The summed E-state index contributed by atoms with van der Waals surface area (Å²) in [7, 11) is -3.55. The summed E-state index contributed by atoms with van der Waals surface area (Å²) in [5.41, 5.74) is 2.43. The first-order valence-corrected chi connectivity index (χ1v) is 9.85. The molecule has 8 heteroatoms. The zero-order valence-electron chi connectivity index (χ0n) is 14.8. The Labute approximate surface area is 153 Å². The summed E-state index contributed by atoms with van der Waals surface area (Å²) in [6, 6.07) is 8.50. The molecule has 0 bridgehead atoms. The van der Waals surface area contributed by atoms with Crippen LogP contribution >= 0.6 is 0 Å². The number of urea groups is 1. The molecule has 1 fully saturated rings. The number of pyridine rings is 1. The van der Waals surface area contributed by atoms with E-state index in [1.165, 1.54) is 4.31 Å². The molecule has 2 aromatic rings. The van der Waals surface area contributed by atoms with Gasteiger partial charge in [-0.05, 0) is 37.6 Å². The molecule has 138 valence electrons. The van der Waals surface area contributed by atoms with Crippen LogP contribution in [0.15, 0.2) is 47.6 Å². The SMILES string of the molecule is Cc1ccc(S(=O)(=O)N2CCN(C(=O)Nc3ccncc3)CC2)c(C)c1. The summed E-state index contributed by atoms with van der Waals surface area (Å²) in [5, 5.41) is 2.79. The molecule has 7 nitrogen and oxygen atoms in total. The van der Waals surface area contributed by atoms with E-state index < -0.39 is 10.0 Å². The van der Waals surface area contributed by atoms with E-state index in [0.29, 0.717) is 23.7 Å². The lowest BCUT2D eigenvalue weighted by Gasteiger charge is -2.34. The highest BCUT2D eigenvalue weighted by molar-refractivity contribution is 7.89. The molecule has 0 aliphatic carbocycles. The number of hydrogen-bond acceptors (Lipinski definition) is 4. The van der Waals surface area contributed by atoms with Crippen LogP contribution in [0.4, 0.5) is 10.5 Å². The maximum absolute atomic E-state index is 12.9. The van der Waals surface area contributed by atoms with E-state index in [4.69, 9.17) is 0 Å². The van der Waals surface area contributed by atoms with Crippen LogP contribution < -0.4 is 5.32 Å². The molecule has 1 aromatic heterocycles. The van der Waals surface area contributed by atoms with Crippen molar-refractivity contribution in [3.8, 4) is 0 Å². The van der Waals surface area contributed by atoms with Gasteiger partial charge < -0.3 is 10.2 Å². The van der Waals surface area contributed by atoms with Gasteiger partial charge in [-0.2, -0.15) is 4.31 Å². The fourth-order valence-corrected chi connectivity index (χ4v) is 4.63. The van der Waals surface area contributed by atoms with Gasteiger partial charge in [-0.25, -0.2) is 13.2 Å². The number of sulfonamides is 1. The normalized spacial score (nSPS) is 15.7. The molecule has 3 rings (SSSR count). The molecule has 0 unspecified atom stereocenters. The molecule has 1 aliphatic heterocycles. The number of carbonyl (C=O) groups is 1. The van der Waals surface area contributed by atoms with Crippen LogP contribution in [0.3, 0.4) is 0 Å². The zero-order valence-corrected chi connectivity index (χ0v) is 15.7. The second kappa shape index (κ2) is 7.43. The van der Waals surface area contributed by atoms with E-state index in [2.05, 4.69) is 10.3 Å². The molecule has 1 N–H and O–H groups in total. The summed E-state index contributed by atoms with van der Waals surface area (Å²) in [6.45, 7) is 4.99. The average Bonchev–Trinajstić information content (AvgIpc) is 2.62. The van der Waals surface area contributed by atoms with E-state index in [1.54, 1.807) is 48.5 Å². The molecule has 0 saturated carbocycles. The van der Waals surface area contributed by atoms with Gasteiger partial charge in [0.05, 0.1) is 4.90 Å². The van der Waals surface area contributed by atoms with Crippen LogP contribution in [0.25, 0.3) is 0 Å². The Hall–Kier alpha value is -2.45. The first kappa shape index (κ1) is 18.3. The Morgan fingerprint density at radius 1 is 1.04 bits per heavy atom. The lowest BCUT2D eigenvalue weighted by molar-refractivity contribution is 0.184. The van der Waals surface area contributed by atoms with Gasteiger partial charge in [0.2, 0.25) is 10.0 Å². The van der Waals surface area contributed by atoms with Gasteiger partial charge in [-0.3, -0.25) is 4.98 Å². The minimum Gasteiger partial charge on any atom is -0.322 e. The molecular formula is C18H22N4O3S. The summed E-state index contributed by atoms with van der Waals surface area (Å²) in [4.78, 5) is 18.2. The standard InChI is InChI=1S/C18H22N4O3S/c1-14-3-4-17(15(2)13-14)26(24,25)22-11-9-21(10-12-22)18(23)20-16-5-7-19-8-6-16/h3-8,13H,9-12H2,1-2H3,(H,19,20,23). The van der Waals surface area contributed by atoms with Crippen molar-refractivity contribution in [3.05, 3.63) is 53.9 Å². The Morgan fingerprint density at radius 2 is 1.69 bits per heavy atom. The van der Waals surface area contributed by atoms with Crippen LogP contribution in [0.1, 0.15) is 11.1 Å². The van der Waals surface area contributed by atoms with Crippen LogP contribution in [0, 0.1) is 13.8 Å². The molecule has 2 amide bonds. The fraction of sp³-hybridized carbons (Fsp3) is 0.333. The number of nitrogens with zero attached hydrogens (tertiary/aromatic N) is 3. The highest BCUT2D eigenvalue weighted by Crippen LogP contribution is 2.22. The summed E-state index contributed by atoms with van der Waals surface area (Å²) < 4.78 is 27.2. The Morgan fingerprint density at radius 3 is 2.31 bits per heavy atom. The largest absolute Gasteiger partial charge is 0.322 e. The summed E-state index contributed by atoms with van der Waals surface area (Å²) >= 11 is 0. The summed E-state index contributed by atoms with van der Waals surface area (Å²) in [6.07, 6.45) is 3.20. The number of aromatic nitrogens is 1. The third kappa shape index (κ3) is 3.86. The number of nitrogens with one attached hydrogen (secondary N) is 1. The number of hydrogen-bond donors (Lipinski definition) is 1. The number of carbonyl (C=O) groups excluding carboxylic acids is 1. The van der Waals surface area contributed by atoms with Crippen molar-refractivity contribution in [1.82, 2.24) is 14.2 Å². The Kier molecular flexibility index (Phi) is 5.24. The topological polar surface area (TPSA) is 82.6 Å². The molecule has 1 aliphatic rings. The zero-order chi connectivity index (χ0) is 18.7. The molecule has 1 aromatic carbocycles. The fourth-order valence-electron chi connectivity index (χ4n) is 3.00. The van der Waals surface area contributed by atoms with Crippen molar-refractivity contribution in [2.24, 2.45) is 0 Å². The van der Waals surface area contributed by atoms with Gasteiger partial charge in [-0.15, -0.1) is 0 Å². The third-order valence-electron chi connectivity index (χ3n) is 4.41. The quantitative estimate of drug-likeness (QED) is 0.893. The first-order chi connectivity index (χ1) is 12.4. The van der Waals surface area contributed by atoms with Crippen molar-refractivity contribution in [3.63, 3.8) is 0 Å². The van der Waals surface area contributed by atoms with Crippen molar-refractivity contribution in [2.75, 3.05) is 31.5 Å². The highest BCUT2D eigenvalue weighted by atomic mass is 32.2. The van der Waals surface area contributed by atoms with E-state index in [1.807, 2.05) is 13.0 Å². The van der Waals surface area contributed by atoms with E-state index in [9.17, 15) is 13.2 Å². The van der Waals surface area contributed by atoms with Crippen LogP contribution in [-0.4, -0.2) is 54.8 Å². The minimum atomic E-state index is -3.55. The van der Waals surface area contributed by atoms with Gasteiger partial charge in [0.25, 0.3) is 0 Å². The molecule has 26 heavy (non-hydrogen) atoms. The van der Waals surface area contributed by atoms with Crippen LogP contribution in [0.5, 0.6) is 0 Å². The van der Waals surface area contributed by atoms with Gasteiger partial charge in [0.15, 0.2) is 0 Å². The third-order valence-corrected chi connectivity index (χ3v) is 6.46. The predicted molar refractivity (Wildman–Crippen MR) is 99.5 cm³/mol. The predicted octanol–water partition coefficient (Wildman–Crippen LogP) is 2.24. The molecule has 1 saturated heterocycles. The van der Waals surface area contributed by atoms with Crippen molar-refractivity contribution < 1.29 is 13.2 Å². The molecular weight excluding hydrogens is 352 g/mol. The number of rotatable bonds is 3. The van der Waals surface area contributed by atoms with Gasteiger partial charge in [-0.1, -0.05) is 17.7 Å². The number of anilines is 1. The van der Waals surface area contributed by atoms with Gasteiger partial charge in [0.1, 0.15) is 0 Å². The second-order valence-electron chi connectivity index (χ2n) is 6.33. The molecule has 0 radical (unpaired) electrons. The van der Waals surface area contributed by atoms with Gasteiger partial charge in [0, 0.05) is 44.3 Å². The lowest BCUT2D eigenvalue weighted by atomic mass is 10.2. The maximum Gasteiger partial charge on any atom is 0.321 e. The van der Waals surface area contributed by atoms with Crippen molar-refractivity contribution in [2.45, 2.75) is 18.7 Å². The van der Waals surface area contributed by atoms with Crippen LogP contribution in [0.2, 0.25) is 0 Å². The molecule has 0 atom stereocenters. The lowest BCUT2D eigenvalue weighted by Crippen LogP contribution is -2.51. The summed E-state index contributed by atoms with van der Waals surface area (Å²) in [5.74, 6) is 0. The monoisotopic (exact) mass is 374 g/mol. The molecule has 2 heterocycles. The Balaban J connectivity index is 1.65. The minimum absolute atomic E-state index is 0.236. The van der Waals surface area contributed by atoms with Gasteiger partial charge >= 0.3 is 6.03 Å². The van der Waals surface area contributed by atoms with E-state index in [0.717, 1.165) is 11.1 Å². The number of piperazine rings is 1. The maximum atomic E-state index is 12.9.